The lowest BCUT2D eigenvalue weighted by Gasteiger charge is -2.08. The maximum atomic E-state index is 10.6. The predicted molar refractivity (Wildman–Crippen MR) is 54.4 cm³/mol. The van der Waals surface area contributed by atoms with Crippen LogP contribution in [0.2, 0.25) is 0 Å². The molecule has 0 amide bonds. The predicted octanol–water partition coefficient (Wildman–Crippen LogP) is 1.10. The fourth-order valence-electron chi connectivity index (χ4n) is 1.19. The average Bonchev–Trinajstić information content (AvgIpc) is 2.27. The van der Waals surface area contributed by atoms with Crippen molar-refractivity contribution in [2.24, 2.45) is 0 Å². The Morgan fingerprint density at radius 3 is 2.60 bits per heavy atom. The van der Waals surface area contributed by atoms with Gasteiger partial charge in [0.15, 0.2) is 0 Å². The minimum Gasteiger partial charge on any atom is -0.545 e. The van der Waals surface area contributed by atoms with Crippen molar-refractivity contribution in [3.8, 4) is 6.07 Å². The molecule has 76 valence electrons. The van der Waals surface area contributed by atoms with E-state index in [1.54, 1.807) is 31.2 Å². The number of aliphatic carboxylic acids is 1. The summed E-state index contributed by atoms with van der Waals surface area (Å²) in [6, 6.07) is 8.82. The minimum absolute atomic E-state index is 0.185. The fourth-order valence-corrected chi connectivity index (χ4v) is 1.19. The highest BCUT2D eigenvalue weighted by atomic mass is 16.4. The number of nitriles is 1. The van der Waals surface area contributed by atoms with E-state index in [2.05, 4.69) is 0 Å². The van der Waals surface area contributed by atoms with Crippen molar-refractivity contribution in [2.45, 2.75) is 13.8 Å². The first-order valence-electron chi connectivity index (χ1n) is 4.45. The number of carbonyl (C=O) groups excluding carboxylic acids is 1. The van der Waals surface area contributed by atoms with Gasteiger partial charge in [0.05, 0.1) is 17.6 Å². The Balaban J connectivity index is 3.23. The number of carboxylic acid groups (broad SMARTS) is 1. The molecule has 0 N–H and O–H groups in total. The second-order valence-electron chi connectivity index (χ2n) is 3.23. The molecule has 0 bridgehead atoms. The molecule has 1 aromatic rings. The lowest BCUT2D eigenvalue weighted by Crippen LogP contribution is -2.23. The normalized spacial score (nSPS) is 11.5. The number of nitrogens with zero attached hydrogens (tertiary/aromatic N) is 1. The Bertz CT molecular complexity index is 467. The summed E-state index contributed by atoms with van der Waals surface area (Å²) in [6.07, 6.45) is 0. The number of hydrogen-bond donors (Lipinski definition) is 0. The number of allylic oxidation sites excluding steroid dienone is 1. The van der Waals surface area contributed by atoms with Crippen molar-refractivity contribution in [3.05, 3.63) is 41.0 Å². The van der Waals surface area contributed by atoms with Crippen LogP contribution in [0.5, 0.6) is 0 Å². The van der Waals surface area contributed by atoms with Gasteiger partial charge in [0.25, 0.3) is 0 Å². The molecule has 0 aromatic heterocycles. The van der Waals surface area contributed by atoms with Crippen LogP contribution in [0, 0.1) is 11.3 Å². The van der Waals surface area contributed by atoms with Crippen molar-refractivity contribution >= 4 is 11.5 Å². The highest BCUT2D eigenvalue weighted by molar-refractivity contribution is 5.94. The molecule has 3 heteroatoms. The Morgan fingerprint density at radius 2 is 2.07 bits per heavy atom. The zero-order valence-electron chi connectivity index (χ0n) is 8.57. The summed E-state index contributed by atoms with van der Waals surface area (Å²) in [5, 5.41) is 19.3. The molecular formula is C12H10NO2-. The number of hydrogen-bond acceptors (Lipinski definition) is 3. The van der Waals surface area contributed by atoms with Crippen molar-refractivity contribution < 1.29 is 9.90 Å². The van der Waals surface area contributed by atoms with Gasteiger partial charge in [-0.05, 0) is 42.7 Å². The van der Waals surface area contributed by atoms with Crippen LogP contribution >= 0.6 is 0 Å². The quantitative estimate of drug-likeness (QED) is 0.671. The SMILES string of the molecule is C/C(C(=O)[O-])=C(\C)c1cccc(C#N)c1. The third-order valence-electron chi connectivity index (χ3n) is 2.29. The van der Waals surface area contributed by atoms with Crippen LogP contribution in [0.3, 0.4) is 0 Å². The smallest absolute Gasteiger partial charge is 0.0991 e. The van der Waals surface area contributed by atoms with E-state index in [-0.39, 0.29) is 5.57 Å². The van der Waals surface area contributed by atoms with E-state index < -0.39 is 5.97 Å². The third-order valence-corrected chi connectivity index (χ3v) is 2.29. The van der Waals surface area contributed by atoms with Crippen LogP contribution in [0.1, 0.15) is 25.0 Å². The summed E-state index contributed by atoms with van der Waals surface area (Å²) in [7, 11) is 0. The number of rotatable bonds is 2. The van der Waals surface area contributed by atoms with Crippen LogP contribution in [-0.4, -0.2) is 5.97 Å². The summed E-state index contributed by atoms with van der Waals surface area (Å²) < 4.78 is 0. The van der Waals surface area contributed by atoms with E-state index in [1.165, 1.54) is 6.92 Å². The molecule has 0 atom stereocenters. The van der Waals surface area contributed by atoms with E-state index in [9.17, 15) is 9.90 Å². The second kappa shape index (κ2) is 4.43. The first kappa shape index (κ1) is 11.0. The largest absolute Gasteiger partial charge is 0.545 e. The molecule has 0 saturated carbocycles. The first-order chi connectivity index (χ1) is 7.06. The molecule has 0 aliphatic carbocycles. The van der Waals surface area contributed by atoms with Gasteiger partial charge in [-0.2, -0.15) is 5.26 Å². The molecule has 0 heterocycles. The summed E-state index contributed by atoms with van der Waals surface area (Å²) in [6.45, 7) is 3.19. The van der Waals surface area contributed by atoms with E-state index >= 15 is 0 Å². The molecule has 0 unspecified atom stereocenters. The summed E-state index contributed by atoms with van der Waals surface area (Å²) in [4.78, 5) is 10.6. The van der Waals surface area contributed by atoms with E-state index in [0.717, 1.165) is 5.56 Å². The van der Waals surface area contributed by atoms with E-state index in [1.807, 2.05) is 6.07 Å². The lowest BCUT2D eigenvalue weighted by molar-refractivity contribution is -0.299. The summed E-state index contributed by atoms with van der Waals surface area (Å²) in [5.41, 5.74) is 2.05. The maximum Gasteiger partial charge on any atom is 0.0991 e. The molecule has 0 aliphatic rings. The molecule has 0 spiro atoms. The van der Waals surface area contributed by atoms with E-state index in [4.69, 9.17) is 5.26 Å². The van der Waals surface area contributed by atoms with E-state index in [0.29, 0.717) is 11.1 Å². The van der Waals surface area contributed by atoms with Gasteiger partial charge in [-0.3, -0.25) is 0 Å². The van der Waals surface area contributed by atoms with Gasteiger partial charge in [-0.15, -0.1) is 0 Å². The molecule has 3 nitrogen and oxygen atoms in total. The zero-order chi connectivity index (χ0) is 11.4. The van der Waals surface area contributed by atoms with Gasteiger partial charge >= 0.3 is 0 Å². The van der Waals surface area contributed by atoms with Gasteiger partial charge in [0.2, 0.25) is 0 Å². The van der Waals surface area contributed by atoms with Gasteiger partial charge in [-0.25, -0.2) is 0 Å². The second-order valence-corrected chi connectivity index (χ2v) is 3.23. The van der Waals surface area contributed by atoms with Gasteiger partial charge < -0.3 is 9.90 Å². The zero-order valence-corrected chi connectivity index (χ0v) is 8.57. The Kier molecular flexibility index (Phi) is 3.25. The third kappa shape index (κ3) is 2.44. The standard InChI is InChI=1S/C12H11NO2/c1-8(9(2)12(14)15)11-5-3-4-10(6-11)7-13/h3-6H,1-2H3,(H,14,15)/p-1/b9-8-. The minimum atomic E-state index is -1.19. The van der Waals surface area contributed by atoms with Gasteiger partial charge in [0, 0.05) is 0 Å². The molecular weight excluding hydrogens is 190 g/mol. The molecule has 15 heavy (non-hydrogen) atoms. The molecule has 1 aromatic carbocycles. The monoisotopic (exact) mass is 200 g/mol. The number of carboxylic acids is 1. The summed E-state index contributed by atoms with van der Waals surface area (Å²) >= 11 is 0. The average molecular weight is 200 g/mol. The topological polar surface area (TPSA) is 63.9 Å². The van der Waals surface area contributed by atoms with Crippen molar-refractivity contribution in [1.29, 1.82) is 5.26 Å². The fraction of sp³-hybridized carbons (Fsp3) is 0.167. The maximum absolute atomic E-state index is 10.6. The van der Waals surface area contributed by atoms with Gasteiger partial charge in [0.1, 0.15) is 0 Å². The first-order valence-corrected chi connectivity index (χ1v) is 4.45. The van der Waals surface area contributed by atoms with Crippen LogP contribution in [0.25, 0.3) is 5.57 Å². The van der Waals surface area contributed by atoms with Gasteiger partial charge in [-0.1, -0.05) is 12.1 Å². The molecule has 0 saturated heterocycles. The molecule has 0 radical (unpaired) electrons. The molecule has 0 aliphatic heterocycles. The molecule has 0 fully saturated rings. The number of carbonyl (C=O) groups is 1. The Hall–Kier alpha value is -2.08. The van der Waals surface area contributed by atoms with Crippen molar-refractivity contribution in [2.75, 3.05) is 0 Å². The van der Waals surface area contributed by atoms with Crippen molar-refractivity contribution in [3.63, 3.8) is 0 Å². The molecule has 1 rings (SSSR count). The van der Waals surface area contributed by atoms with Crippen LogP contribution in [0.15, 0.2) is 29.8 Å². The Labute approximate surface area is 88.3 Å². The highest BCUT2D eigenvalue weighted by Gasteiger charge is 2.02. The van der Waals surface area contributed by atoms with Crippen LogP contribution in [-0.2, 0) is 4.79 Å². The Morgan fingerprint density at radius 1 is 1.40 bits per heavy atom. The highest BCUT2D eigenvalue weighted by Crippen LogP contribution is 2.18. The van der Waals surface area contributed by atoms with Crippen molar-refractivity contribution in [1.82, 2.24) is 0 Å². The van der Waals surface area contributed by atoms with Crippen LogP contribution in [0.4, 0.5) is 0 Å². The van der Waals surface area contributed by atoms with Crippen LogP contribution < -0.4 is 5.11 Å². The lowest BCUT2D eigenvalue weighted by atomic mass is 10.0. The summed E-state index contributed by atoms with van der Waals surface area (Å²) in [5.74, 6) is -1.19. The number of benzene rings is 1.